The standard InChI is InChI=1S/C35H42ClNO4SSi/c1-34(2,3)43(30-10-6-4-7-11-30,31-12-8-5-9-13-31)41-23-22-35(20-21-35)33-25-28(38)24-32(26-14-15-26)37(33)42(39,40)29-18-16-27(36)17-19-29/h4-13,16-19,26,32-33H,14-15,20-25H2,1-3H3/t32-,33+/m0/s1. The van der Waals surface area contributed by atoms with Gasteiger partial charge in [-0.2, -0.15) is 4.31 Å². The largest absolute Gasteiger partial charge is 0.407 e. The molecule has 3 aliphatic rings. The van der Waals surface area contributed by atoms with Gasteiger partial charge in [-0.15, -0.1) is 0 Å². The maximum Gasteiger partial charge on any atom is 0.261 e. The smallest absolute Gasteiger partial charge is 0.261 e. The summed E-state index contributed by atoms with van der Waals surface area (Å²) < 4.78 is 37.6. The number of ketones is 1. The lowest BCUT2D eigenvalue weighted by molar-refractivity contribution is -0.125. The summed E-state index contributed by atoms with van der Waals surface area (Å²) in [6, 6.07) is 27.0. The van der Waals surface area contributed by atoms with E-state index in [1.807, 2.05) is 12.1 Å². The normalized spacial score (nSPS) is 22.8. The lowest BCUT2D eigenvalue weighted by Gasteiger charge is -2.46. The SMILES string of the molecule is CC(C)(C)[Si](OCCC1([C@H]2CC(=O)C[C@@H](C3CC3)N2S(=O)(=O)c2ccc(Cl)cc2)CC1)(c1ccccc1)c1ccccc1. The molecule has 0 spiro atoms. The first-order valence-corrected chi connectivity index (χ1v) is 19.3. The molecule has 228 valence electrons. The summed E-state index contributed by atoms with van der Waals surface area (Å²) in [4.78, 5) is 13.5. The molecule has 0 amide bonds. The number of Topliss-reactive ketones (excluding diaryl/α,β-unsaturated/α-hetero) is 1. The summed E-state index contributed by atoms with van der Waals surface area (Å²) in [7, 11) is -6.55. The molecule has 1 aliphatic heterocycles. The minimum Gasteiger partial charge on any atom is -0.407 e. The van der Waals surface area contributed by atoms with Gasteiger partial charge in [-0.3, -0.25) is 4.79 Å². The van der Waals surface area contributed by atoms with E-state index < -0.39 is 18.3 Å². The molecule has 5 nitrogen and oxygen atoms in total. The third-order valence-electron chi connectivity index (χ3n) is 9.98. The van der Waals surface area contributed by atoms with Crippen LogP contribution in [0, 0.1) is 11.3 Å². The summed E-state index contributed by atoms with van der Waals surface area (Å²) in [6.07, 6.45) is 5.05. The fourth-order valence-electron chi connectivity index (χ4n) is 7.44. The molecule has 3 aromatic carbocycles. The van der Waals surface area contributed by atoms with Crippen molar-refractivity contribution in [3.05, 3.63) is 90.0 Å². The second-order valence-electron chi connectivity index (χ2n) is 13.8. The average molecular weight is 636 g/mol. The molecular weight excluding hydrogens is 594 g/mol. The van der Waals surface area contributed by atoms with Gasteiger partial charge in [0.1, 0.15) is 5.78 Å². The van der Waals surface area contributed by atoms with Crippen LogP contribution < -0.4 is 10.4 Å². The molecule has 2 aliphatic carbocycles. The van der Waals surface area contributed by atoms with E-state index in [0.717, 1.165) is 32.1 Å². The van der Waals surface area contributed by atoms with Gasteiger partial charge in [-0.05, 0) is 83.1 Å². The molecule has 6 rings (SSSR count). The zero-order valence-corrected chi connectivity index (χ0v) is 27.9. The van der Waals surface area contributed by atoms with Gasteiger partial charge in [-0.25, -0.2) is 8.42 Å². The number of halogens is 1. The lowest BCUT2D eigenvalue weighted by Crippen LogP contribution is -2.66. The Bertz CT molecular complexity index is 1510. The minimum absolute atomic E-state index is 0.145. The summed E-state index contributed by atoms with van der Waals surface area (Å²) in [5.41, 5.74) is -0.270. The molecule has 1 saturated heterocycles. The van der Waals surface area contributed by atoms with Gasteiger partial charge < -0.3 is 4.43 Å². The number of carbonyl (C=O) groups is 1. The van der Waals surface area contributed by atoms with Crippen LogP contribution in [0.25, 0.3) is 0 Å². The zero-order valence-electron chi connectivity index (χ0n) is 25.3. The van der Waals surface area contributed by atoms with Crippen molar-refractivity contribution < 1.29 is 17.6 Å². The molecule has 0 aromatic heterocycles. The quantitative estimate of drug-likeness (QED) is 0.236. The van der Waals surface area contributed by atoms with Crippen LogP contribution in [0.4, 0.5) is 0 Å². The minimum atomic E-state index is -3.82. The Hall–Kier alpha value is -2.29. The van der Waals surface area contributed by atoms with E-state index in [9.17, 15) is 13.2 Å². The highest BCUT2D eigenvalue weighted by Gasteiger charge is 2.59. The highest BCUT2D eigenvalue weighted by Crippen LogP contribution is 2.58. The van der Waals surface area contributed by atoms with Gasteiger partial charge in [0.05, 0.1) is 4.90 Å². The Morgan fingerprint density at radius 2 is 1.44 bits per heavy atom. The number of sulfonamides is 1. The summed E-state index contributed by atoms with van der Waals surface area (Å²) in [5, 5.41) is 2.82. The number of piperidine rings is 1. The number of rotatable bonds is 10. The Morgan fingerprint density at radius 1 is 0.884 bits per heavy atom. The number of carbonyl (C=O) groups excluding carboxylic acids is 1. The average Bonchev–Trinajstić information content (AvgIpc) is 3.91. The van der Waals surface area contributed by atoms with Crippen molar-refractivity contribution in [2.75, 3.05) is 6.61 Å². The molecular formula is C35H42ClNO4SSi. The van der Waals surface area contributed by atoms with E-state index in [2.05, 4.69) is 69.3 Å². The van der Waals surface area contributed by atoms with E-state index in [4.69, 9.17) is 16.0 Å². The first-order chi connectivity index (χ1) is 20.5. The summed E-state index contributed by atoms with van der Waals surface area (Å²) in [5.74, 6) is 0.432. The van der Waals surface area contributed by atoms with E-state index in [0.29, 0.717) is 18.1 Å². The van der Waals surface area contributed by atoms with Gasteiger partial charge in [0.15, 0.2) is 0 Å². The van der Waals surface area contributed by atoms with E-state index in [-0.39, 0.29) is 45.6 Å². The number of hydrogen-bond acceptors (Lipinski definition) is 4. The lowest BCUT2D eigenvalue weighted by atomic mass is 9.83. The molecule has 3 fully saturated rings. The van der Waals surface area contributed by atoms with E-state index in [1.54, 1.807) is 28.6 Å². The van der Waals surface area contributed by atoms with Gasteiger partial charge in [0.2, 0.25) is 10.0 Å². The fraction of sp³-hybridized carbons (Fsp3) is 0.457. The predicted octanol–water partition coefficient (Wildman–Crippen LogP) is 6.59. The Kier molecular flexibility index (Phi) is 8.27. The molecule has 1 heterocycles. The maximum atomic E-state index is 14.3. The third-order valence-corrected chi connectivity index (χ3v) is 17.2. The van der Waals surface area contributed by atoms with Gasteiger partial charge in [0, 0.05) is 36.6 Å². The molecule has 0 N–H and O–H groups in total. The highest BCUT2D eigenvalue weighted by molar-refractivity contribution is 7.89. The Balaban J connectivity index is 1.33. The molecule has 43 heavy (non-hydrogen) atoms. The topological polar surface area (TPSA) is 63.7 Å². The van der Waals surface area contributed by atoms with Gasteiger partial charge in [-0.1, -0.05) is 93.0 Å². The Morgan fingerprint density at radius 3 is 1.93 bits per heavy atom. The van der Waals surface area contributed by atoms with Crippen molar-refractivity contribution >= 4 is 46.1 Å². The van der Waals surface area contributed by atoms with Crippen LogP contribution in [0.1, 0.15) is 65.7 Å². The predicted molar refractivity (Wildman–Crippen MR) is 175 cm³/mol. The number of nitrogens with zero attached hydrogens (tertiary/aromatic N) is 1. The van der Waals surface area contributed by atoms with Crippen molar-refractivity contribution in [2.24, 2.45) is 11.3 Å². The maximum absolute atomic E-state index is 14.3. The van der Waals surface area contributed by atoms with Crippen molar-refractivity contribution in [2.45, 2.75) is 87.7 Å². The molecule has 0 radical (unpaired) electrons. The van der Waals surface area contributed by atoms with Crippen LogP contribution in [0.5, 0.6) is 0 Å². The van der Waals surface area contributed by atoms with E-state index >= 15 is 0 Å². The zero-order chi connectivity index (χ0) is 30.5. The molecule has 3 aromatic rings. The molecule has 2 saturated carbocycles. The van der Waals surface area contributed by atoms with Crippen LogP contribution >= 0.6 is 11.6 Å². The summed E-state index contributed by atoms with van der Waals surface area (Å²) in [6.45, 7) is 7.33. The first kappa shape index (κ1) is 30.7. The van der Waals surface area contributed by atoms with Crippen LogP contribution in [0.2, 0.25) is 10.1 Å². The van der Waals surface area contributed by atoms with Crippen molar-refractivity contribution in [3.63, 3.8) is 0 Å². The number of hydrogen-bond donors (Lipinski definition) is 0. The first-order valence-electron chi connectivity index (χ1n) is 15.5. The molecule has 0 unspecified atom stereocenters. The van der Waals surface area contributed by atoms with E-state index in [1.165, 1.54) is 10.4 Å². The summed E-state index contributed by atoms with van der Waals surface area (Å²) >= 11 is 6.12. The fourth-order valence-corrected chi connectivity index (χ4v) is 14.1. The molecule has 8 heteroatoms. The molecule has 2 atom stereocenters. The second kappa shape index (κ2) is 11.6. The van der Waals surface area contributed by atoms with Crippen LogP contribution in [-0.4, -0.2) is 45.5 Å². The van der Waals surface area contributed by atoms with Crippen molar-refractivity contribution in [1.29, 1.82) is 0 Å². The van der Waals surface area contributed by atoms with Gasteiger partial charge >= 0.3 is 0 Å². The van der Waals surface area contributed by atoms with Crippen LogP contribution in [-0.2, 0) is 19.2 Å². The third kappa shape index (κ3) is 5.79. The number of benzene rings is 3. The molecule has 0 bridgehead atoms. The van der Waals surface area contributed by atoms with Crippen molar-refractivity contribution in [1.82, 2.24) is 4.31 Å². The Labute approximate surface area is 262 Å². The second-order valence-corrected chi connectivity index (χ2v) is 20.4. The van der Waals surface area contributed by atoms with Gasteiger partial charge in [0.25, 0.3) is 8.32 Å². The highest BCUT2D eigenvalue weighted by atomic mass is 35.5. The van der Waals surface area contributed by atoms with Crippen LogP contribution in [0.3, 0.4) is 0 Å². The van der Waals surface area contributed by atoms with Crippen LogP contribution in [0.15, 0.2) is 89.8 Å². The monoisotopic (exact) mass is 635 g/mol. The van der Waals surface area contributed by atoms with Crippen molar-refractivity contribution in [3.8, 4) is 0 Å².